The Morgan fingerprint density at radius 2 is 1.56 bits per heavy atom. The average molecular weight is 271 g/mol. The third-order valence-electron chi connectivity index (χ3n) is 2.29. The highest BCUT2D eigenvalue weighted by Gasteiger charge is 2.36. The Bertz CT molecular complexity index is 412. The maximum atomic E-state index is 13.1. The van der Waals surface area contributed by atoms with Gasteiger partial charge in [0.05, 0.1) is 5.56 Å². The van der Waals surface area contributed by atoms with Crippen molar-refractivity contribution in [2.75, 3.05) is 13.7 Å². The summed E-state index contributed by atoms with van der Waals surface area (Å²) in [7, 11) is 1.47. The lowest BCUT2D eigenvalue weighted by molar-refractivity contribution is -0.137. The molecule has 0 amide bonds. The van der Waals surface area contributed by atoms with Crippen LogP contribution in [-0.4, -0.2) is 13.7 Å². The molecule has 0 atom stereocenters. The van der Waals surface area contributed by atoms with Gasteiger partial charge in [0.25, 0.3) is 0 Å². The molecule has 0 aromatic heterocycles. The minimum Gasteiger partial charge on any atom is -0.316 e. The average Bonchev–Trinajstić information content (AvgIpc) is 2.28. The van der Waals surface area contributed by atoms with Crippen molar-refractivity contribution < 1.29 is 26.3 Å². The molecule has 0 radical (unpaired) electrons. The SMILES string of the molecule is CNCc1cc(C(F)(F)F)cc(C(F)(F)CF)c1. The van der Waals surface area contributed by atoms with E-state index in [2.05, 4.69) is 5.32 Å². The first-order valence-electron chi connectivity index (χ1n) is 5.00. The summed E-state index contributed by atoms with van der Waals surface area (Å²) in [5.74, 6) is -3.91. The molecule has 1 aromatic rings. The summed E-state index contributed by atoms with van der Waals surface area (Å²) in [5.41, 5.74) is -2.15. The van der Waals surface area contributed by atoms with E-state index in [-0.39, 0.29) is 18.2 Å². The van der Waals surface area contributed by atoms with Gasteiger partial charge in [0.2, 0.25) is 0 Å². The lowest BCUT2D eigenvalue weighted by Crippen LogP contribution is -2.19. The van der Waals surface area contributed by atoms with Crippen LogP contribution in [0.4, 0.5) is 26.3 Å². The predicted molar refractivity (Wildman–Crippen MR) is 54.1 cm³/mol. The molecular weight excluding hydrogens is 260 g/mol. The molecule has 0 aliphatic heterocycles. The van der Waals surface area contributed by atoms with Crippen LogP contribution in [0.2, 0.25) is 0 Å². The normalized spacial score (nSPS) is 12.8. The van der Waals surface area contributed by atoms with E-state index in [9.17, 15) is 26.3 Å². The first-order valence-corrected chi connectivity index (χ1v) is 5.00. The van der Waals surface area contributed by atoms with E-state index in [0.717, 1.165) is 12.1 Å². The molecule has 1 nitrogen and oxygen atoms in total. The summed E-state index contributed by atoms with van der Waals surface area (Å²) in [4.78, 5) is 0. The number of alkyl halides is 6. The van der Waals surface area contributed by atoms with Crippen LogP contribution in [0.1, 0.15) is 16.7 Å². The van der Waals surface area contributed by atoms with Crippen LogP contribution in [0.25, 0.3) is 0 Å². The van der Waals surface area contributed by atoms with Gasteiger partial charge < -0.3 is 5.32 Å². The van der Waals surface area contributed by atoms with Crippen molar-refractivity contribution in [2.24, 2.45) is 0 Å². The first kappa shape index (κ1) is 14.8. The van der Waals surface area contributed by atoms with E-state index >= 15 is 0 Å². The zero-order chi connectivity index (χ0) is 14.0. The first-order chi connectivity index (χ1) is 8.20. The van der Waals surface area contributed by atoms with Gasteiger partial charge in [-0.15, -0.1) is 0 Å². The smallest absolute Gasteiger partial charge is 0.316 e. The van der Waals surface area contributed by atoms with Gasteiger partial charge in [-0.05, 0) is 30.8 Å². The molecule has 102 valence electrons. The van der Waals surface area contributed by atoms with Crippen LogP contribution in [0.5, 0.6) is 0 Å². The molecular formula is C11H11F6N. The Balaban J connectivity index is 3.31. The number of rotatable bonds is 4. The third kappa shape index (κ3) is 3.38. The van der Waals surface area contributed by atoms with E-state index in [0.29, 0.717) is 0 Å². The summed E-state index contributed by atoms with van der Waals surface area (Å²) in [5, 5.41) is 2.55. The van der Waals surface area contributed by atoms with Gasteiger partial charge in [-0.3, -0.25) is 0 Å². The maximum absolute atomic E-state index is 13.1. The summed E-state index contributed by atoms with van der Waals surface area (Å²) in [6.07, 6.45) is -4.75. The van der Waals surface area contributed by atoms with E-state index in [1.54, 1.807) is 0 Å². The van der Waals surface area contributed by atoms with Gasteiger partial charge in [0, 0.05) is 12.1 Å². The molecule has 0 fully saturated rings. The van der Waals surface area contributed by atoms with Crippen LogP contribution >= 0.6 is 0 Å². The molecule has 0 saturated heterocycles. The molecule has 0 heterocycles. The Morgan fingerprint density at radius 3 is 2.00 bits per heavy atom. The van der Waals surface area contributed by atoms with E-state index < -0.39 is 29.9 Å². The van der Waals surface area contributed by atoms with Crippen molar-refractivity contribution in [3.63, 3.8) is 0 Å². The lowest BCUT2D eigenvalue weighted by atomic mass is 10.0. The van der Waals surface area contributed by atoms with Crippen LogP contribution in [0.15, 0.2) is 18.2 Å². The Labute approximate surface area is 99.8 Å². The van der Waals surface area contributed by atoms with Gasteiger partial charge in [-0.2, -0.15) is 22.0 Å². The number of benzene rings is 1. The number of hydrogen-bond acceptors (Lipinski definition) is 1. The predicted octanol–water partition coefficient (Wildman–Crippen LogP) is 3.49. The molecule has 0 unspecified atom stereocenters. The summed E-state index contributed by atoms with van der Waals surface area (Å²) in [6, 6.07) is 1.90. The summed E-state index contributed by atoms with van der Waals surface area (Å²) in [6.45, 7) is -2.05. The number of halogens is 6. The summed E-state index contributed by atoms with van der Waals surface area (Å²) < 4.78 is 75.9. The van der Waals surface area contributed by atoms with E-state index in [1.807, 2.05) is 0 Å². The second-order valence-corrected chi connectivity index (χ2v) is 3.78. The van der Waals surface area contributed by atoms with Gasteiger partial charge in [0.1, 0.15) is 0 Å². The minimum absolute atomic E-state index is 0.0146. The molecule has 1 N–H and O–H groups in total. The van der Waals surface area contributed by atoms with Gasteiger partial charge >= 0.3 is 12.1 Å². The van der Waals surface area contributed by atoms with Crippen molar-refractivity contribution in [3.8, 4) is 0 Å². The highest BCUT2D eigenvalue weighted by molar-refractivity contribution is 5.34. The largest absolute Gasteiger partial charge is 0.416 e. The topological polar surface area (TPSA) is 12.0 Å². The molecule has 1 aromatic carbocycles. The van der Waals surface area contributed by atoms with Crippen LogP contribution in [-0.2, 0) is 18.6 Å². The van der Waals surface area contributed by atoms with Gasteiger partial charge in [0.15, 0.2) is 6.67 Å². The molecule has 0 saturated carbocycles. The zero-order valence-corrected chi connectivity index (χ0v) is 9.41. The van der Waals surface area contributed by atoms with Crippen molar-refractivity contribution in [1.82, 2.24) is 5.32 Å². The van der Waals surface area contributed by atoms with Crippen LogP contribution in [0.3, 0.4) is 0 Å². The van der Waals surface area contributed by atoms with E-state index in [4.69, 9.17) is 0 Å². The third-order valence-corrected chi connectivity index (χ3v) is 2.29. The Kier molecular flexibility index (Phi) is 4.26. The monoisotopic (exact) mass is 271 g/mol. The zero-order valence-electron chi connectivity index (χ0n) is 9.41. The van der Waals surface area contributed by atoms with E-state index in [1.165, 1.54) is 7.05 Å². The molecule has 0 bridgehead atoms. The van der Waals surface area contributed by atoms with Crippen molar-refractivity contribution in [1.29, 1.82) is 0 Å². The van der Waals surface area contributed by atoms with Crippen molar-refractivity contribution >= 4 is 0 Å². The van der Waals surface area contributed by atoms with Crippen LogP contribution in [0, 0.1) is 0 Å². The highest BCUT2D eigenvalue weighted by atomic mass is 19.4. The lowest BCUT2D eigenvalue weighted by Gasteiger charge is -2.17. The molecule has 0 spiro atoms. The molecule has 0 aliphatic rings. The molecule has 0 aliphatic carbocycles. The molecule has 18 heavy (non-hydrogen) atoms. The van der Waals surface area contributed by atoms with Gasteiger partial charge in [-0.1, -0.05) is 0 Å². The quantitative estimate of drug-likeness (QED) is 0.827. The van der Waals surface area contributed by atoms with Crippen LogP contribution < -0.4 is 5.32 Å². The van der Waals surface area contributed by atoms with Crippen molar-refractivity contribution in [3.05, 3.63) is 34.9 Å². The Hall–Kier alpha value is -1.24. The second kappa shape index (κ2) is 5.17. The second-order valence-electron chi connectivity index (χ2n) is 3.78. The number of nitrogens with one attached hydrogen (secondary N) is 1. The molecule has 7 heteroatoms. The maximum Gasteiger partial charge on any atom is 0.416 e. The standard InChI is InChI=1S/C11H11F6N/c1-18-5-7-2-8(10(13,14)6-12)4-9(3-7)11(15,16)17/h2-4,18H,5-6H2,1H3. The molecule has 1 rings (SSSR count). The van der Waals surface area contributed by atoms with Gasteiger partial charge in [-0.25, -0.2) is 4.39 Å². The minimum atomic E-state index is -4.75. The Morgan fingerprint density at radius 1 is 1.00 bits per heavy atom. The fourth-order valence-corrected chi connectivity index (χ4v) is 1.45. The fourth-order valence-electron chi connectivity index (χ4n) is 1.45. The highest BCUT2D eigenvalue weighted by Crippen LogP contribution is 2.35. The fraction of sp³-hybridized carbons (Fsp3) is 0.455. The van der Waals surface area contributed by atoms with Crippen molar-refractivity contribution in [2.45, 2.75) is 18.6 Å². The number of hydrogen-bond donors (Lipinski definition) is 1. The summed E-state index contributed by atoms with van der Waals surface area (Å²) >= 11 is 0.